The average molecular weight is 243 g/mol. The SMILES string of the molecule is [C-]#[N+]c1cc2ccn(C(=O)OC(C)(C)C)c2cn1. The van der Waals surface area contributed by atoms with Crippen LogP contribution in [0.15, 0.2) is 24.5 Å². The summed E-state index contributed by atoms with van der Waals surface area (Å²) in [6, 6.07) is 3.40. The molecule has 0 aliphatic carbocycles. The molecule has 0 bridgehead atoms. The predicted octanol–water partition coefficient (Wildman–Crippen LogP) is 3.37. The summed E-state index contributed by atoms with van der Waals surface area (Å²) in [7, 11) is 0. The third-order valence-corrected chi connectivity index (χ3v) is 2.27. The molecule has 0 aromatic carbocycles. The highest BCUT2D eigenvalue weighted by molar-refractivity contribution is 5.90. The second-order valence-electron chi connectivity index (χ2n) is 4.88. The monoisotopic (exact) mass is 243 g/mol. The average Bonchev–Trinajstić information content (AvgIpc) is 2.69. The molecule has 5 nitrogen and oxygen atoms in total. The van der Waals surface area contributed by atoms with Gasteiger partial charge in [0.05, 0.1) is 5.52 Å². The van der Waals surface area contributed by atoms with Crippen molar-refractivity contribution in [3.63, 3.8) is 0 Å². The van der Waals surface area contributed by atoms with E-state index in [9.17, 15) is 4.79 Å². The minimum absolute atomic E-state index is 0.310. The van der Waals surface area contributed by atoms with Gasteiger partial charge < -0.3 is 9.58 Å². The van der Waals surface area contributed by atoms with Crippen molar-refractivity contribution in [2.24, 2.45) is 0 Å². The second kappa shape index (κ2) is 4.15. The van der Waals surface area contributed by atoms with E-state index >= 15 is 0 Å². The maximum Gasteiger partial charge on any atom is 0.419 e. The molecule has 0 aliphatic rings. The summed E-state index contributed by atoms with van der Waals surface area (Å²) < 4.78 is 6.67. The third kappa shape index (κ3) is 2.33. The van der Waals surface area contributed by atoms with E-state index < -0.39 is 11.7 Å². The molecular formula is C13H13N3O2. The fourth-order valence-corrected chi connectivity index (χ4v) is 1.55. The van der Waals surface area contributed by atoms with E-state index in [0.29, 0.717) is 11.3 Å². The van der Waals surface area contributed by atoms with Gasteiger partial charge in [-0.25, -0.2) is 9.36 Å². The number of nitrogens with zero attached hydrogens (tertiary/aromatic N) is 3. The molecular weight excluding hydrogens is 230 g/mol. The van der Waals surface area contributed by atoms with Gasteiger partial charge in [0, 0.05) is 6.20 Å². The van der Waals surface area contributed by atoms with E-state index in [4.69, 9.17) is 11.3 Å². The summed E-state index contributed by atoms with van der Waals surface area (Å²) in [5.41, 5.74) is 0.0917. The van der Waals surface area contributed by atoms with Crippen LogP contribution in [-0.2, 0) is 4.74 Å². The quantitative estimate of drug-likeness (QED) is 0.666. The molecule has 2 heterocycles. The summed E-state index contributed by atoms with van der Waals surface area (Å²) in [5, 5.41) is 0.793. The van der Waals surface area contributed by atoms with Gasteiger partial charge in [0.15, 0.2) is 0 Å². The van der Waals surface area contributed by atoms with Crippen LogP contribution in [0, 0.1) is 6.57 Å². The van der Waals surface area contributed by atoms with Crippen LogP contribution in [0.1, 0.15) is 20.8 Å². The van der Waals surface area contributed by atoms with E-state index in [-0.39, 0.29) is 0 Å². The number of aromatic nitrogens is 2. The van der Waals surface area contributed by atoms with Gasteiger partial charge in [0.2, 0.25) is 0 Å². The molecule has 5 heteroatoms. The smallest absolute Gasteiger partial charge is 0.419 e. The molecule has 2 rings (SSSR count). The zero-order chi connectivity index (χ0) is 13.3. The first kappa shape index (κ1) is 12.1. The van der Waals surface area contributed by atoms with Crippen LogP contribution in [0.2, 0.25) is 0 Å². The van der Waals surface area contributed by atoms with Crippen molar-refractivity contribution < 1.29 is 9.53 Å². The summed E-state index contributed by atoms with van der Waals surface area (Å²) in [4.78, 5) is 19.1. The van der Waals surface area contributed by atoms with Crippen LogP contribution in [0.25, 0.3) is 15.7 Å². The number of fused-ring (bicyclic) bond motifs is 1. The van der Waals surface area contributed by atoms with Crippen molar-refractivity contribution in [1.82, 2.24) is 9.55 Å². The fourth-order valence-electron chi connectivity index (χ4n) is 1.55. The third-order valence-electron chi connectivity index (χ3n) is 2.27. The number of rotatable bonds is 0. The Hall–Kier alpha value is -2.35. The lowest BCUT2D eigenvalue weighted by Gasteiger charge is -2.19. The van der Waals surface area contributed by atoms with Gasteiger partial charge in [0.1, 0.15) is 11.8 Å². The summed E-state index contributed by atoms with van der Waals surface area (Å²) in [6.07, 6.45) is 2.68. The molecule has 18 heavy (non-hydrogen) atoms. The zero-order valence-electron chi connectivity index (χ0n) is 10.5. The Kier molecular flexibility index (Phi) is 2.79. The minimum Gasteiger partial charge on any atom is -0.443 e. The number of hydrogen-bond donors (Lipinski definition) is 0. The molecule has 0 radical (unpaired) electrons. The maximum absolute atomic E-state index is 11.9. The van der Waals surface area contributed by atoms with Crippen molar-refractivity contribution >= 4 is 22.8 Å². The van der Waals surface area contributed by atoms with Crippen LogP contribution in [0.5, 0.6) is 0 Å². The van der Waals surface area contributed by atoms with E-state index in [1.54, 1.807) is 18.3 Å². The van der Waals surface area contributed by atoms with Crippen molar-refractivity contribution in [2.45, 2.75) is 26.4 Å². The zero-order valence-corrected chi connectivity index (χ0v) is 10.5. The number of ether oxygens (including phenoxy) is 1. The van der Waals surface area contributed by atoms with Crippen LogP contribution in [0.3, 0.4) is 0 Å². The molecule has 0 unspecified atom stereocenters. The number of carbonyl (C=O) groups is 1. The summed E-state index contributed by atoms with van der Waals surface area (Å²) in [6.45, 7) is 12.3. The largest absolute Gasteiger partial charge is 0.443 e. The van der Waals surface area contributed by atoms with Crippen molar-refractivity contribution in [2.75, 3.05) is 0 Å². The normalized spacial score (nSPS) is 11.2. The Bertz CT molecular complexity index is 644. The topological polar surface area (TPSA) is 48.5 Å². The highest BCUT2D eigenvalue weighted by atomic mass is 16.6. The number of hydrogen-bond acceptors (Lipinski definition) is 3. The van der Waals surface area contributed by atoms with Gasteiger partial charge in [-0.15, -0.1) is 4.98 Å². The Balaban J connectivity index is 2.42. The van der Waals surface area contributed by atoms with Crippen LogP contribution in [-0.4, -0.2) is 21.2 Å². The van der Waals surface area contributed by atoms with E-state index in [2.05, 4.69) is 9.83 Å². The van der Waals surface area contributed by atoms with Gasteiger partial charge in [-0.2, -0.15) is 0 Å². The Labute approximate surface area is 105 Å². The summed E-state index contributed by atoms with van der Waals surface area (Å²) in [5.74, 6) is 0.310. The van der Waals surface area contributed by atoms with Gasteiger partial charge >= 0.3 is 6.09 Å². The highest BCUT2D eigenvalue weighted by Gasteiger charge is 2.19. The molecule has 0 saturated carbocycles. The maximum atomic E-state index is 11.9. The lowest BCUT2D eigenvalue weighted by Crippen LogP contribution is -2.26. The lowest BCUT2D eigenvalue weighted by atomic mass is 10.2. The van der Waals surface area contributed by atoms with Crippen molar-refractivity contribution in [1.29, 1.82) is 0 Å². The molecule has 0 atom stereocenters. The molecule has 0 fully saturated rings. The molecule has 0 aliphatic heterocycles. The van der Waals surface area contributed by atoms with Gasteiger partial charge in [-0.1, -0.05) is 6.57 Å². The first-order valence-electron chi connectivity index (χ1n) is 5.48. The molecule has 92 valence electrons. The van der Waals surface area contributed by atoms with E-state index in [0.717, 1.165) is 5.39 Å². The molecule has 2 aromatic heterocycles. The Morgan fingerprint density at radius 3 is 2.83 bits per heavy atom. The highest BCUT2D eigenvalue weighted by Crippen LogP contribution is 2.20. The Morgan fingerprint density at radius 2 is 2.22 bits per heavy atom. The van der Waals surface area contributed by atoms with Crippen LogP contribution in [0.4, 0.5) is 10.6 Å². The van der Waals surface area contributed by atoms with Crippen molar-refractivity contribution in [3.05, 3.63) is 35.9 Å². The first-order chi connectivity index (χ1) is 8.40. The molecule has 0 N–H and O–H groups in total. The van der Waals surface area contributed by atoms with Crippen molar-refractivity contribution in [3.8, 4) is 0 Å². The first-order valence-corrected chi connectivity index (χ1v) is 5.48. The van der Waals surface area contributed by atoms with Gasteiger partial charge in [0.25, 0.3) is 5.82 Å². The van der Waals surface area contributed by atoms with Crippen LogP contribution >= 0.6 is 0 Å². The van der Waals surface area contributed by atoms with E-state index in [1.165, 1.54) is 10.8 Å². The standard InChI is InChI=1S/C13H13N3O2/c1-13(2,3)18-12(17)16-6-5-9-7-11(14-4)15-8-10(9)16/h5-8H,1-3H3. The molecule has 2 aromatic rings. The minimum atomic E-state index is -0.544. The number of carbonyl (C=O) groups excluding carboxylic acids is 1. The molecule has 0 amide bonds. The predicted molar refractivity (Wildman–Crippen MR) is 67.6 cm³/mol. The second-order valence-corrected chi connectivity index (χ2v) is 4.88. The molecule has 0 saturated heterocycles. The van der Waals surface area contributed by atoms with Gasteiger partial charge in [-0.3, -0.25) is 0 Å². The number of pyridine rings is 1. The lowest BCUT2D eigenvalue weighted by molar-refractivity contribution is 0.0544. The van der Waals surface area contributed by atoms with Gasteiger partial charge in [-0.05, 0) is 38.3 Å². The molecule has 0 spiro atoms. The summed E-state index contributed by atoms with van der Waals surface area (Å²) >= 11 is 0. The fraction of sp³-hybridized carbons (Fsp3) is 0.308. The Morgan fingerprint density at radius 1 is 1.50 bits per heavy atom. The van der Waals surface area contributed by atoms with Crippen LogP contribution < -0.4 is 0 Å². The van der Waals surface area contributed by atoms with E-state index in [1.807, 2.05) is 20.8 Å².